The van der Waals surface area contributed by atoms with Crippen molar-refractivity contribution in [2.75, 3.05) is 23.7 Å². The van der Waals surface area contributed by atoms with Crippen molar-refractivity contribution < 1.29 is 22.3 Å². The Morgan fingerprint density at radius 2 is 1.84 bits per heavy atom. The Bertz CT molecular complexity index is 1220. The van der Waals surface area contributed by atoms with Gasteiger partial charge in [-0.2, -0.15) is 0 Å². The summed E-state index contributed by atoms with van der Waals surface area (Å²) in [6.07, 6.45) is 1.20. The van der Waals surface area contributed by atoms with E-state index in [1.165, 1.54) is 12.1 Å². The van der Waals surface area contributed by atoms with Gasteiger partial charge in [0.15, 0.2) is 0 Å². The smallest absolute Gasteiger partial charge is 0.244 e. The van der Waals surface area contributed by atoms with Gasteiger partial charge in [-0.3, -0.25) is 9.10 Å². The van der Waals surface area contributed by atoms with E-state index < -0.39 is 27.8 Å². The van der Waals surface area contributed by atoms with Crippen molar-refractivity contribution in [3.8, 4) is 5.75 Å². The fourth-order valence-corrected chi connectivity index (χ4v) is 4.78. The first-order valence-corrected chi connectivity index (χ1v) is 12.3. The highest BCUT2D eigenvalue weighted by atomic mass is 35.5. The Balaban J connectivity index is 1.65. The quantitative estimate of drug-likeness (QED) is 0.463. The summed E-state index contributed by atoms with van der Waals surface area (Å²) < 4.78 is 45.1. The molecule has 32 heavy (non-hydrogen) atoms. The van der Waals surface area contributed by atoms with Gasteiger partial charge in [-0.1, -0.05) is 48.9 Å². The summed E-state index contributed by atoms with van der Waals surface area (Å²) in [4.78, 5) is 12.8. The molecule has 0 aromatic heterocycles. The second kappa shape index (κ2) is 10.2. The van der Waals surface area contributed by atoms with E-state index in [9.17, 15) is 17.6 Å². The third kappa shape index (κ3) is 5.69. The zero-order valence-corrected chi connectivity index (χ0v) is 19.3. The van der Waals surface area contributed by atoms with Crippen LogP contribution in [0.3, 0.4) is 0 Å². The van der Waals surface area contributed by atoms with Crippen LogP contribution in [0.2, 0.25) is 5.02 Å². The van der Waals surface area contributed by atoms with E-state index in [-0.39, 0.29) is 30.3 Å². The van der Waals surface area contributed by atoms with E-state index in [0.29, 0.717) is 5.75 Å². The summed E-state index contributed by atoms with van der Waals surface area (Å²) >= 11 is 5.82. The van der Waals surface area contributed by atoms with Crippen molar-refractivity contribution in [1.82, 2.24) is 5.32 Å². The molecule has 0 unspecified atom stereocenters. The largest absolute Gasteiger partial charge is 0.492 e. The molecule has 3 rings (SSSR count). The number of rotatable bonds is 9. The third-order valence-corrected chi connectivity index (χ3v) is 6.35. The number of anilines is 1. The van der Waals surface area contributed by atoms with E-state index in [4.69, 9.17) is 16.3 Å². The van der Waals surface area contributed by atoms with Crippen LogP contribution in [0.15, 0.2) is 60.7 Å². The molecule has 0 saturated heterocycles. The normalized spacial score (nSPS) is 12.4. The van der Waals surface area contributed by atoms with E-state index in [2.05, 4.69) is 5.32 Å². The lowest BCUT2D eigenvalue weighted by atomic mass is 10.1. The fraction of sp³-hybridized carbons (Fsp3) is 0.261. The third-order valence-electron chi connectivity index (χ3n) is 4.88. The van der Waals surface area contributed by atoms with Crippen LogP contribution in [0.4, 0.5) is 10.1 Å². The van der Waals surface area contributed by atoms with Crippen molar-refractivity contribution in [2.24, 2.45) is 0 Å². The van der Waals surface area contributed by atoms with Crippen molar-refractivity contribution in [3.63, 3.8) is 0 Å². The number of nitrogens with zero attached hydrogens (tertiary/aromatic N) is 1. The molecule has 3 aromatic carbocycles. The lowest BCUT2D eigenvalue weighted by molar-refractivity contribution is -0.122. The number of hydrogen-bond acceptors (Lipinski definition) is 4. The number of hydrogen-bond donors (Lipinski definition) is 1. The molecule has 1 amide bonds. The molecule has 0 saturated carbocycles. The molecule has 0 aliphatic heterocycles. The molecular formula is C23H24ClFN2O4S. The Labute approximate surface area is 192 Å². The summed E-state index contributed by atoms with van der Waals surface area (Å²) in [5.41, 5.74) is 0.119. The molecule has 0 aliphatic carbocycles. The van der Waals surface area contributed by atoms with Gasteiger partial charge in [0.25, 0.3) is 0 Å². The van der Waals surface area contributed by atoms with Crippen LogP contribution >= 0.6 is 11.6 Å². The number of benzene rings is 3. The molecule has 9 heteroatoms. The van der Waals surface area contributed by atoms with Gasteiger partial charge in [0.05, 0.1) is 23.5 Å². The lowest BCUT2D eigenvalue weighted by Gasteiger charge is -2.30. The summed E-state index contributed by atoms with van der Waals surface area (Å²) in [7, 11) is -3.84. The van der Waals surface area contributed by atoms with Crippen LogP contribution in [-0.2, 0) is 14.8 Å². The van der Waals surface area contributed by atoms with Crippen LogP contribution in [-0.4, -0.2) is 39.8 Å². The van der Waals surface area contributed by atoms with Crippen LogP contribution in [0, 0.1) is 5.82 Å². The molecule has 0 aliphatic rings. The van der Waals surface area contributed by atoms with Crippen LogP contribution in [0.25, 0.3) is 10.8 Å². The Morgan fingerprint density at radius 3 is 2.50 bits per heavy atom. The van der Waals surface area contributed by atoms with E-state index >= 15 is 0 Å². The molecule has 0 heterocycles. The first kappa shape index (κ1) is 23.8. The maximum Gasteiger partial charge on any atom is 0.244 e. The number of ether oxygens (including phenoxy) is 1. The molecule has 170 valence electrons. The van der Waals surface area contributed by atoms with Crippen LogP contribution in [0.1, 0.15) is 13.3 Å². The number of halogens is 2. The summed E-state index contributed by atoms with van der Waals surface area (Å²) in [5, 5.41) is 4.63. The minimum absolute atomic E-state index is 0.119. The number of sulfonamides is 1. The summed E-state index contributed by atoms with van der Waals surface area (Å²) in [5.74, 6) is -0.489. The van der Waals surface area contributed by atoms with Crippen molar-refractivity contribution >= 4 is 44.0 Å². The zero-order valence-electron chi connectivity index (χ0n) is 17.7. The van der Waals surface area contributed by atoms with E-state index in [1.807, 2.05) is 42.5 Å². The fourth-order valence-electron chi connectivity index (χ4n) is 3.40. The number of carbonyl (C=O) groups is 1. The van der Waals surface area contributed by atoms with Gasteiger partial charge >= 0.3 is 0 Å². The Morgan fingerprint density at radius 1 is 1.12 bits per heavy atom. The molecule has 0 bridgehead atoms. The Kier molecular flexibility index (Phi) is 7.58. The molecule has 3 aromatic rings. The molecule has 6 nitrogen and oxygen atoms in total. The molecule has 0 spiro atoms. The first-order chi connectivity index (χ1) is 15.2. The van der Waals surface area contributed by atoms with Gasteiger partial charge in [0.1, 0.15) is 24.2 Å². The zero-order chi connectivity index (χ0) is 23.3. The van der Waals surface area contributed by atoms with Crippen LogP contribution < -0.4 is 14.4 Å². The van der Waals surface area contributed by atoms with Crippen molar-refractivity contribution in [2.45, 2.75) is 19.4 Å². The van der Waals surface area contributed by atoms with E-state index in [0.717, 1.165) is 27.4 Å². The minimum atomic E-state index is -3.84. The molecule has 1 N–H and O–H groups in total. The second-order valence-electron chi connectivity index (χ2n) is 7.23. The maximum atomic E-state index is 13.5. The van der Waals surface area contributed by atoms with E-state index in [1.54, 1.807) is 6.92 Å². The number of carbonyl (C=O) groups excluding carboxylic acids is 1. The number of nitrogens with one attached hydrogen (secondary N) is 1. The number of fused-ring (bicyclic) bond motifs is 1. The first-order valence-electron chi connectivity index (χ1n) is 10.0. The highest BCUT2D eigenvalue weighted by Gasteiger charge is 2.31. The molecular weight excluding hydrogens is 455 g/mol. The SMILES string of the molecule is CC[C@@H](C(=O)NCCOc1ccc2ccccc2c1)N(c1ccc(F)c(Cl)c1)S(C)(=O)=O. The van der Waals surface area contributed by atoms with Gasteiger partial charge in [-0.05, 0) is 47.5 Å². The van der Waals surface area contributed by atoms with Gasteiger partial charge in [0, 0.05) is 0 Å². The van der Waals surface area contributed by atoms with Gasteiger partial charge < -0.3 is 10.1 Å². The molecule has 0 fully saturated rings. The van der Waals surface area contributed by atoms with Gasteiger partial charge in [0.2, 0.25) is 15.9 Å². The maximum absolute atomic E-state index is 13.5. The predicted molar refractivity (Wildman–Crippen MR) is 125 cm³/mol. The van der Waals surface area contributed by atoms with Crippen molar-refractivity contribution in [1.29, 1.82) is 0 Å². The van der Waals surface area contributed by atoms with Gasteiger partial charge in [-0.15, -0.1) is 0 Å². The molecule has 1 atom stereocenters. The number of amides is 1. The highest BCUT2D eigenvalue weighted by molar-refractivity contribution is 7.92. The average Bonchev–Trinajstić information content (AvgIpc) is 2.76. The minimum Gasteiger partial charge on any atom is -0.492 e. The van der Waals surface area contributed by atoms with Gasteiger partial charge in [-0.25, -0.2) is 12.8 Å². The summed E-state index contributed by atoms with van der Waals surface area (Å²) in [6, 6.07) is 16.1. The average molecular weight is 479 g/mol. The predicted octanol–water partition coefficient (Wildman–Crippen LogP) is 4.37. The summed E-state index contributed by atoms with van der Waals surface area (Å²) in [6.45, 7) is 2.09. The van der Waals surface area contributed by atoms with Crippen LogP contribution in [0.5, 0.6) is 5.75 Å². The second-order valence-corrected chi connectivity index (χ2v) is 9.50. The highest BCUT2D eigenvalue weighted by Crippen LogP contribution is 2.27. The monoisotopic (exact) mass is 478 g/mol. The Hall–Kier alpha value is -2.84. The van der Waals surface area contributed by atoms with Crippen molar-refractivity contribution in [3.05, 3.63) is 71.5 Å². The lowest BCUT2D eigenvalue weighted by Crippen LogP contribution is -2.50. The molecule has 0 radical (unpaired) electrons. The standard InChI is InChI=1S/C23H24ClFN2O4S/c1-3-22(27(32(2,29)30)18-9-11-21(25)20(24)15-18)23(28)26-12-13-31-19-10-8-16-6-4-5-7-17(16)14-19/h4-11,14-15,22H,3,12-13H2,1-2H3,(H,26,28)/t22-/m0/s1. The topological polar surface area (TPSA) is 75.7 Å².